The van der Waals surface area contributed by atoms with Crippen LogP contribution in [0.1, 0.15) is 17.3 Å². The molecule has 0 aliphatic rings. The summed E-state index contributed by atoms with van der Waals surface area (Å²) in [6, 6.07) is 7.65. The largest absolute Gasteiger partial charge is 0.338 e. The number of hydrogen-bond acceptors (Lipinski definition) is 4. The van der Waals surface area contributed by atoms with Gasteiger partial charge < -0.3 is 9.84 Å². The Labute approximate surface area is 98.6 Å². The second-order valence-electron chi connectivity index (χ2n) is 3.40. The van der Waals surface area contributed by atoms with E-state index in [1.54, 1.807) is 0 Å². The number of halogens is 1. The summed E-state index contributed by atoms with van der Waals surface area (Å²) in [5.74, 6) is 1.24. The average Bonchev–Trinajstić information content (AvgIpc) is 2.70. The minimum absolute atomic E-state index is 0.579. The first kappa shape index (κ1) is 11.1. The lowest BCUT2D eigenvalue weighted by atomic mass is 10.1. The Morgan fingerprint density at radius 2 is 2.19 bits per heavy atom. The lowest BCUT2D eigenvalue weighted by molar-refractivity contribution is 0.367. The Morgan fingerprint density at radius 1 is 1.38 bits per heavy atom. The van der Waals surface area contributed by atoms with Gasteiger partial charge in [-0.2, -0.15) is 4.98 Å². The standard InChI is InChI=1S/C11H12ClN3O/c1-13-7-11-14-10(15-16-11)6-8-4-2-3-5-9(8)12/h2-5,13H,6-7H2,1H3. The quantitative estimate of drug-likeness (QED) is 0.884. The molecule has 0 atom stereocenters. The van der Waals surface area contributed by atoms with Crippen molar-refractivity contribution in [3.05, 3.63) is 46.6 Å². The summed E-state index contributed by atoms with van der Waals surface area (Å²) in [5, 5.41) is 7.56. The van der Waals surface area contributed by atoms with Crippen LogP contribution in [0, 0.1) is 0 Å². The molecular formula is C11H12ClN3O. The fourth-order valence-electron chi connectivity index (χ4n) is 1.40. The molecule has 84 valence electrons. The first-order chi connectivity index (χ1) is 7.79. The lowest BCUT2D eigenvalue weighted by Crippen LogP contribution is -2.05. The number of nitrogens with one attached hydrogen (secondary N) is 1. The third kappa shape index (κ3) is 2.59. The van der Waals surface area contributed by atoms with E-state index in [4.69, 9.17) is 16.1 Å². The summed E-state index contributed by atoms with van der Waals surface area (Å²) >= 11 is 6.04. The maximum Gasteiger partial charge on any atom is 0.240 e. The maximum absolute atomic E-state index is 6.04. The minimum Gasteiger partial charge on any atom is -0.338 e. The van der Waals surface area contributed by atoms with Crippen LogP contribution in [0.3, 0.4) is 0 Å². The summed E-state index contributed by atoms with van der Waals surface area (Å²) in [7, 11) is 1.83. The summed E-state index contributed by atoms with van der Waals surface area (Å²) < 4.78 is 5.05. The van der Waals surface area contributed by atoms with Crippen LogP contribution >= 0.6 is 11.6 Å². The average molecular weight is 238 g/mol. The number of aromatic nitrogens is 2. The molecule has 0 saturated carbocycles. The van der Waals surface area contributed by atoms with Gasteiger partial charge in [-0.25, -0.2) is 0 Å². The summed E-state index contributed by atoms with van der Waals surface area (Å²) in [6.45, 7) is 0.579. The zero-order chi connectivity index (χ0) is 11.4. The van der Waals surface area contributed by atoms with Crippen LogP contribution in [0.15, 0.2) is 28.8 Å². The zero-order valence-corrected chi connectivity index (χ0v) is 9.66. The van der Waals surface area contributed by atoms with Crippen molar-refractivity contribution in [2.75, 3.05) is 7.05 Å². The van der Waals surface area contributed by atoms with E-state index < -0.39 is 0 Å². The number of benzene rings is 1. The van der Waals surface area contributed by atoms with E-state index in [1.807, 2.05) is 31.3 Å². The molecule has 5 heteroatoms. The molecule has 1 heterocycles. The van der Waals surface area contributed by atoms with Crippen LogP contribution in [0.2, 0.25) is 5.02 Å². The predicted octanol–water partition coefficient (Wildman–Crippen LogP) is 2.03. The van der Waals surface area contributed by atoms with Crippen LogP contribution in [0.4, 0.5) is 0 Å². The molecule has 16 heavy (non-hydrogen) atoms. The lowest BCUT2D eigenvalue weighted by Gasteiger charge is -1.98. The van der Waals surface area contributed by atoms with Crippen molar-refractivity contribution < 1.29 is 4.52 Å². The van der Waals surface area contributed by atoms with Gasteiger partial charge >= 0.3 is 0 Å². The molecule has 0 spiro atoms. The fourth-order valence-corrected chi connectivity index (χ4v) is 1.60. The molecule has 2 rings (SSSR count). The smallest absolute Gasteiger partial charge is 0.240 e. The molecule has 1 aromatic carbocycles. The third-order valence-electron chi connectivity index (χ3n) is 2.14. The molecular weight excluding hydrogens is 226 g/mol. The molecule has 4 nitrogen and oxygen atoms in total. The van der Waals surface area contributed by atoms with Crippen LogP contribution in [0.25, 0.3) is 0 Å². The van der Waals surface area contributed by atoms with Gasteiger partial charge in [0.1, 0.15) is 0 Å². The van der Waals surface area contributed by atoms with Crippen molar-refractivity contribution in [3.63, 3.8) is 0 Å². The van der Waals surface area contributed by atoms with Crippen molar-refractivity contribution in [3.8, 4) is 0 Å². The Morgan fingerprint density at radius 3 is 2.94 bits per heavy atom. The van der Waals surface area contributed by atoms with E-state index in [-0.39, 0.29) is 0 Å². The summed E-state index contributed by atoms with van der Waals surface area (Å²) in [5.41, 5.74) is 1.00. The van der Waals surface area contributed by atoms with Gasteiger partial charge in [0.15, 0.2) is 5.82 Å². The van der Waals surface area contributed by atoms with Gasteiger partial charge in [-0.1, -0.05) is 35.0 Å². The van der Waals surface area contributed by atoms with Crippen molar-refractivity contribution >= 4 is 11.6 Å². The SMILES string of the molecule is CNCc1nc(Cc2ccccc2Cl)no1. The fraction of sp³-hybridized carbons (Fsp3) is 0.273. The highest BCUT2D eigenvalue weighted by molar-refractivity contribution is 6.31. The highest BCUT2D eigenvalue weighted by Crippen LogP contribution is 2.17. The van der Waals surface area contributed by atoms with Crippen LogP contribution in [-0.2, 0) is 13.0 Å². The normalized spacial score (nSPS) is 10.6. The molecule has 0 unspecified atom stereocenters. The Balaban J connectivity index is 2.11. The van der Waals surface area contributed by atoms with Gasteiger partial charge in [0.05, 0.1) is 6.54 Å². The van der Waals surface area contributed by atoms with Gasteiger partial charge in [-0.3, -0.25) is 0 Å². The topological polar surface area (TPSA) is 51.0 Å². The zero-order valence-electron chi connectivity index (χ0n) is 8.90. The Bertz CT molecular complexity index is 470. The molecule has 0 amide bonds. The molecule has 0 aliphatic carbocycles. The van der Waals surface area contributed by atoms with E-state index in [0.29, 0.717) is 24.7 Å². The molecule has 0 bridgehead atoms. The van der Waals surface area contributed by atoms with E-state index in [2.05, 4.69) is 15.5 Å². The number of hydrogen-bond donors (Lipinski definition) is 1. The first-order valence-corrected chi connectivity index (χ1v) is 5.37. The molecule has 0 fully saturated rings. The van der Waals surface area contributed by atoms with Gasteiger partial charge in [-0.05, 0) is 18.7 Å². The van der Waals surface area contributed by atoms with E-state index in [9.17, 15) is 0 Å². The second kappa shape index (κ2) is 5.09. The number of rotatable bonds is 4. The van der Waals surface area contributed by atoms with Crippen molar-refractivity contribution in [2.45, 2.75) is 13.0 Å². The molecule has 0 aliphatic heterocycles. The molecule has 2 aromatic rings. The predicted molar refractivity (Wildman–Crippen MR) is 61.3 cm³/mol. The van der Waals surface area contributed by atoms with Gasteiger partial charge in [-0.15, -0.1) is 0 Å². The van der Waals surface area contributed by atoms with Gasteiger partial charge in [0.25, 0.3) is 0 Å². The van der Waals surface area contributed by atoms with Crippen molar-refractivity contribution in [2.24, 2.45) is 0 Å². The van der Waals surface area contributed by atoms with Crippen LogP contribution in [0.5, 0.6) is 0 Å². The summed E-state index contributed by atoms with van der Waals surface area (Å²) in [6.07, 6.45) is 0.590. The number of nitrogens with zero attached hydrogens (tertiary/aromatic N) is 2. The van der Waals surface area contributed by atoms with Gasteiger partial charge in [0, 0.05) is 11.4 Å². The molecule has 0 saturated heterocycles. The van der Waals surface area contributed by atoms with Gasteiger partial charge in [0.2, 0.25) is 5.89 Å². The van der Waals surface area contributed by atoms with E-state index in [0.717, 1.165) is 10.6 Å². The highest BCUT2D eigenvalue weighted by atomic mass is 35.5. The van der Waals surface area contributed by atoms with E-state index >= 15 is 0 Å². The molecule has 1 N–H and O–H groups in total. The van der Waals surface area contributed by atoms with Crippen molar-refractivity contribution in [1.29, 1.82) is 0 Å². The monoisotopic (exact) mass is 237 g/mol. The van der Waals surface area contributed by atoms with Crippen molar-refractivity contribution in [1.82, 2.24) is 15.5 Å². The third-order valence-corrected chi connectivity index (χ3v) is 2.51. The maximum atomic E-state index is 6.04. The highest BCUT2D eigenvalue weighted by Gasteiger charge is 2.07. The van der Waals surface area contributed by atoms with Crippen LogP contribution in [-0.4, -0.2) is 17.2 Å². The Hall–Kier alpha value is -1.39. The molecule has 1 aromatic heterocycles. The van der Waals surface area contributed by atoms with E-state index in [1.165, 1.54) is 0 Å². The minimum atomic E-state index is 0.579. The van der Waals surface area contributed by atoms with Crippen LogP contribution < -0.4 is 5.32 Å². The molecule has 0 radical (unpaired) electrons. The Kier molecular flexibility index (Phi) is 3.54. The second-order valence-corrected chi connectivity index (χ2v) is 3.81. The first-order valence-electron chi connectivity index (χ1n) is 4.99. The summed E-state index contributed by atoms with van der Waals surface area (Å²) in [4.78, 5) is 4.24.